The van der Waals surface area contributed by atoms with Crippen molar-refractivity contribution < 1.29 is 19.1 Å². The summed E-state index contributed by atoms with van der Waals surface area (Å²) in [7, 11) is 1.30. The second kappa shape index (κ2) is 9.52. The van der Waals surface area contributed by atoms with Crippen LogP contribution in [0.2, 0.25) is 0 Å². The molecule has 0 aliphatic heterocycles. The highest BCUT2D eigenvalue weighted by Crippen LogP contribution is 2.15. The molecule has 3 aromatic rings. The second-order valence-corrected chi connectivity index (χ2v) is 6.71. The number of esters is 1. The van der Waals surface area contributed by atoms with E-state index in [4.69, 9.17) is 0 Å². The van der Waals surface area contributed by atoms with Crippen molar-refractivity contribution in [2.45, 2.75) is 13.0 Å². The van der Waals surface area contributed by atoms with Gasteiger partial charge in [-0.2, -0.15) is 0 Å². The van der Waals surface area contributed by atoms with Crippen molar-refractivity contribution in [2.24, 2.45) is 0 Å². The zero-order valence-electron chi connectivity index (χ0n) is 16.7. The lowest BCUT2D eigenvalue weighted by atomic mass is 10.1. The Hall–Kier alpha value is -3.93. The lowest BCUT2D eigenvalue weighted by molar-refractivity contribution is 0.0600. The Kier molecular flexibility index (Phi) is 6.60. The molecule has 6 heteroatoms. The Morgan fingerprint density at radius 1 is 0.733 bits per heavy atom. The van der Waals surface area contributed by atoms with E-state index in [-0.39, 0.29) is 17.9 Å². The van der Waals surface area contributed by atoms with E-state index < -0.39 is 5.97 Å². The minimum atomic E-state index is -0.461. The Balaban J connectivity index is 1.60. The topological polar surface area (TPSA) is 84.5 Å². The molecule has 0 aromatic heterocycles. The Labute approximate surface area is 174 Å². The molecule has 30 heavy (non-hydrogen) atoms. The van der Waals surface area contributed by atoms with Crippen LogP contribution in [0.25, 0.3) is 0 Å². The number of anilines is 1. The number of ether oxygens (including phenoxy) is 1. The predicted molar refractivity (Wildman–Crippen MR) is 114 cm³/mol. The molecule has 0 bridgehead atoms. The third kappa shape index (κ3) is 5.11. The smallest absolute Gasteiger partial charge is 0.337 e. The molecule has 3 aromatic carbocycles. The fourth-order valence-corrected chi connectivity index (χ4v) is 2.89. The fraction of sp³-hybridized carbons (Fsp3) is 0.125. The molecule has 1 unspecified atom stereocenters. The molecule has 0 saturated carbocycles. The molecule has 152 valence electrons. The van der Waals surface area contributed by atoms with Gasteiger partial charge >= 0.3 is 5.97 Å². The molecule has 0 saturated heterocycles. The zero-order valence-corrected chi connectivity index (χ0v) is 16.7. The first kappa shape index (κ1) is 20.8. The largest absolute Gasteiger partial charge is 0.465 e. The normalized spacial score (nSPS) is 11.3. The van der Waals surface area contributed by atoms with Crippen LogP contribution in [-0.4, -0.2) is 24.9 Å². The maximum Gasteiger partial charge on any atom is 0.337 e. The number of hydrogen-bond acceptors (Lipinski definition) is 4. The lowest BCUT2D eigenvalue weighted by Gasteiger charge is -2.14. The van der Waals surface area contributed by atoms with Crippen LogP contribution < -0.4 is 10.6 Å². The molecule has 0 spiro atoms. The van der Waals surface area contributed by atoms with E-state index >= 15 is 0 Å². The highest BCUT2D eigenvalue weighted by molar-refractivity contribution is 6.05. The van der Waals surface area contributed by atoms with Crippen LogP contribution in [0.15, 0.2) is 78.9 Å². The molecule has 1 atom stereocenters. The molecule has 0 aliphatic carbocycles. The van der Waals surface area contributed by atoms with Crippen LogP contribution in [0.1, 0.15) is 49.6 Å². The molecule has 2 amide bonds. The summed E-state index contributed by atoms with van der Waals surface area (Å²) in [6.45, 7) is 1.92. The van der Waals surface area contributed by atoms with Gasteiger partial charge in [-0.1, -0.05) is 30.3 Å². The summed E-state index contributed by atoms with van der Waals surface area (Å²) in [5.74, 6) is -0.971. The quantitative estimate of drug-likeness (QED) is 0.605. The van der Waals surface area contributed by atoms with Crippen LogP contribution in [-0.2, 0) is 4.74 Å². The van der Waals surface area contributed by atoms with Gasteiger partial charge in [-0.05, 0) is 61.0 Å². The van der Waals surface area contributed by atoms with Crippen LogP contribution in [0.3, 0.4) is 0 Å². The number of hydrogen-bond donors (Lipinski definition) is 2. The number of rotatable bonds is 6. The molecule has 0 aliphatic rings. The van der Waals surface area contributed by atoms with E-state index in [0.717, 1.165) is 5.56 Å². The van der Waals surface area contributed by atoms with Gasteiger partial charge in [0.05, 0.1) is 18.7 Å². The van der Waals surface area contributed by atoms with Gasteiger partial charge in [0, 0.05) is 16.8 Å². The van der Waals surface area contributed by atoms with E-state index in [0.29, 0.717) is 22.4 Å². The summed E-state index contributed by atoms with van der Waals surface area (Å²) in [6.07, 6.45) is 0. The average Bonchev–Trinajstić information content (AvgIpc) is 2.79. The Bertz CT molecular complexity index is 1030. The van der Waals surface area contributed by atoms with Crippen molar-refractivity contribution >= 4 is 23.5 Å². The fourth-order valence-electron chi connectivity index (χ4n) is 2.89. The van der Waals surface area contributed by atoms with Crippen molar-refractivity contribution in [1.29, 1.82) is 0 Å². The van der Waals surface area contributed by atoms with E-state index in [9.17, 15) is 14.4 Å². The summed E-state index contributed by atoms with van der Waals surface area (Å²) < 4.78 is 4.64. The number of amides is 2. The van der Waals surface area contributed by atoms with Gasteiger partial charge < -0.3 is 15.4 Å². The SMILES string of the molecule is COC(=O)c1ccc(C(=O)Nc2ccc(C(=O)NC(C)c3ccccc3)cc2)cc1. The van der Waals surface area contributed by atoms with Crippen molar-refractivity contribution in [3.63, 3.8) is 0 Å². The van der Waals surface area contributed by atoms with Crippen molar-refractivity contribution in [2.75, 3.05) is 12.4 Å². The van der Waals surface area contributed by atoms with Crippen LogP contribution in [0, 0.1) is 0 Å². The highest BCUT2D eigenvalue weighted by Gasteiger charge is 2.12. The first-order valence-electron chi connectivity index (χ1n) is 9.43. The number of carbonyl (C=O) groups excluding carboxylic acids is 3. The molecule has 0 fully saturated rings. The molecule has 6 nitrogen and oxygen atoms in total. The van der Waals surface area contributed by atoms with E-state index in [2.05, 4.69) is 15.4 Å². The standard InChI is InChI=1S/C24H22N2O4/c1-16(17-6-4-3-5-7-17)25-22(27)19-12-14-21(15-13-19)26-23(28)18-8-10-20(11-9-18)24(29)30-2/h3-16H,1-2H3,(H,25,27)(H,26,28). The monoisotopic (exact) mass is 402 g/mol. The van der Waals surface area contributed by atoms with Gasteiger partial charge in [0.1, 0.15) is 0 Å². The first-order chi connectivity index (χ1) is 14.5. The highest BCUT2D eigenvalue weighted by atomic mass is 16.5. The van der Waals surface area contributed by atoms with E-state index in [1.807, 2.05) is 37.3 Å². The molecule has 0 heterocycles. The number of benzene rings is 3. The van der Waals surface area contributed by atoms with Crippen LogP contribution in [0.4, 0.5) is 5.69 Å². The van der Waals surface area contributed by atoms with Crippen LogP contribution >= 0.6 is 0 Å². The third-order valence-corrected chi connectivity index (χ3v) is 4.62. The van der Waals surface area contributed by atoms with Crippen molar-refractivity contribution in [3.05, 3.63) is 101 Å². The van der Waals surface area contributed by atoms with Crippen molar-refractivity contribution in [1.82, 2.24) is 5.32 Å². The third-order valence-electron chi connectivity index (χ3n) is 4.62. The molecular weight excluding hydrogens is 380 g/mol. The minimum absolute atomic E-state index is 0.119. The summed E-state index contributed by atoms with van der Waals surface area (Å²) >= 11 is 0. The summed E-state index contributed by atoms with van der Waals surface area (Å²) in [6, 6.07) is 22.4. The lowest BCUT2D eigenvalue weighted by Crippen LogP contribution is -2.26. The summed E-state index contributed by atoms with van der Waals surface area (Å²) in [5, 5.41) is 5.72. The number of carbonyl (C=O) groups is 3. The maximum absolute atomic E-state index is 12.5. The van der Waals surface area contributed by atoms with Crippen molar-refractivity contribution in [3.8, 4) is 0 Å². The Morgan fingerprint density at radius 3 is 1.87 bits per heavy atom. The van der Waals surface area contributed by atoms with Gasteiger partial charge in [0.2, 0.25) is 0 Å². The summed E-state index contributed by atoms with van der Waals surface area (Å²) in [5.41, 5.74) is 2.85. The predicted octanol–water partition coefficient (Wildman–Crippen LogP) is 4.22. The number of methoxy groups -OCH3 is 1. The molecule has 2 N–H and O–H groups in total. The first-order valence-corrected chi connectivity index (χ1v) is 9.43. The molecule has 0 radical (unpaired) electrons. The van der Waals surface area contributed by atoms with Gasteiger partial charge in [-0.3, -0.25) is 9.59 Å². The van der Waals surface area contributed by atoms with Gasteiger partial charge in [0.25, 0.3) is 11.8 Å². The van der Waals surface area contributed by atoms with Crippen LogP contribution in [0.5, 0.6) is 0 Å². The molecule has 3 rings (SSSR count). The molecular formula is C24H22N2O4. The average molecular weight is 402 g/mol. The Morgan fingerprint density at radius 2 is 1.27 bits per heavy atom. The van der Waals surface area contributed by atoms with E-state index in [1.54, 1.807) is 36.4 Å². The zero-order chi connectivity index (χ0) is 21.5. The van der Waals surface area contributed by atoms with Gasteiger partial charge in [-0.25, -0.2) is 4.79 Å². The van der Waals surface area contributed by atoms with Gasteiger partial charge in [-0.15, -0.1) is 0 Å². The summed E-state index contributed by atoms with van der Waals surface area (Å²) in [4.78, 5) is 36.3. The second-order valence-electron chi connectivity index (χ2n) is 6.71. The van der Waals surface area contributed by atoms with E-state index in [1.165, 1.54) is 19.2 Å². The minimum Gasteiger partial charge on any atom is -0.465 e. The maximum atomic E-state index is 12.5. The van der Waals surface area contributed by atoms with Gasteiger partial charge in [0.15, 0.2) is 0 Å². The number of nitrogens with one attached hydrogen (secondary N) is 2.